The van der Waals surface area contributed by atoms with E-state index in [1.54, 1.807) is 6.33 Å². The molecule has 0 amide bonds. The molecule has 1 aromatic heterocycles. The van der Waals surface area contributed by atoms with Crippen LogP contribution in [-0.2, 0) is 13.1 Å². The Bertz CT molecular complexity index is 254. The van der Waals surface area contributed by atoms with Crippen molar-refractivity contribution in [3.05, 3.63) is 24.8 Å². The summed E-state index contributed by atoms with van der Waals surface area (Å²) in [6.45, 7) is 8.28. The number of hydrogen-bond acceptors (Lipinski definition) is 3. The van der Waals surface area contributed by atoms with Gasteiger partial charge in [-0.2, -0.15) is 5.10 Å². The first-order valence-electron chi connectivity index (χ1n) is 4.56. The SMILES string of the molecule is C=CCCn1cnc(CNCC)n1. The second-order valence-electron chi connectivity index (χ2n) is 2.78. The highest BCUT2D eigenvalue weighted by Crippen LogP contribution is 1.92. The molecule has 72 valence electrons. The van der Waals surface area contributed by atoms with Crippen molar-refractivity contribution in [3.63, 3.8) is 0 Å². The van der Waals surface area contributed by atoms with E-state index in [0.29, 0.717) is 0 Å². The maximum absolute atomic E-state index is 4.28. The number of aryl methyl sites for hydroxylation is 1. The predicted molar refractivity (Wildman–Crippen MR) is 52.2 cm³/mol. The molecule has 0 spiro atoms. The molecule has 1 heterocycles. The Labute approximate surface area is 78.7 Å². The molecule has 0 saturated heterocycles. The third-order valence-corrected chi connectivity index (χ3v) is 1.68. The van der Waals surface area contributed by atoms with Crippen LogP contribution in [0.2, 0.25) is 0 Å². The summed E-state index contributed by atoms with van der Waals surface area (Å²) in [6, 6.07) is 0. The molecule has 0 aromatic carbocycles. The predicted octanol–water partition coefficient (Wildman–Crippen LogP) is 0.964. The summed E-state index contributed by atoms with van der Waals surface area (Å²) in [6.07, 6.45) is 4.58. The van der Waals surface area contributed by atoms with Gasteiger partial charge in [0.2, 0.25) is 0 Å². The minimum Gasteiger partial charge on any atom is -0.310 e. The molecule has 0 aliphatic heterocycles. The fourth-order valence-electron chi connectivity index (χ4n) is 0.982. The Hall–Kier alpha value is -1.16. The fraction of sp³-hybridized carbons (Fsp3) is 0.556. The fourth-order valence-corrected chi connectivity index (χ4v) is 0.982. The van der Waals surface area contributed by atoms with E-state index in [1.165, 1.54) is 0 Å². The topological polar surface area (TPSA) is 42.7 Å². The molecule has 0 saturated carbocycles. The van der Waals surface area contributed by atoms with Crippen LogP contribution in [-0.4, -0.2) is 21.3 Å². The van der Waals surface area contributed by atoms with Crippen molar-refractivity contribution in [2.45, 2.75) is 26.4 Å². The van der Waals surface area contributed by atoms with Crippen LogP contribution in [0, 0.1) is 0 Å². The van der Waals surface area contributed by atoms with Crippen molar-refractivity contribution >= 4 is 0 Å². The molecule has 4 heteroatoms. The smallest absolute Gasteiger partial charge is 0.164 e. The third kappa shape index (κ3) is 3.38. The van der Waals surface area contributed by atoms with Gasteiger partial charge in [0, 0.05) is 6.54 Å². The molecule has 0 aliphatic carbocycles. The molecule has 1 rings (SSSR count). The average molecular weight is 180 g/mol. The van der Waals surface area contributed by atoms with E-state index in [1.807, 2.05) is 10.8 Å². The lowest BCUT2D eigenvalue weighted by molar-refractivity contribution is 0.602. The highest BCUT2D eigenvalue weighted by molar-refractivity contribution is 4.81. The lowest BCUT2D eigenvalue weighted by atomic mass is 10.4. The maximum atomic E-state index is 4.28. The Morgan fingerprint density at radius 3 is 3.23 bits per heavy atom. The molecule has 0 fully saturated rings. The monoisotopic (exact) mass is 180 g/mol. The second kappa shape index (κ2) is 5.48. The van der Waals surface area contributed by atoms with Gasteiger partial charge in [-0.3, -0.25) is 4.68 Å². The molecule has 4 nitrogen and oxygen atoms in total. The highest BCUT2D eigenvalue weighted by atomic mass is 15.3. The van der Waals surface area contributed by atoms with Crippen LogP contribution >= 0.6 is 0 Å². The molecular formula is C9H16N4. The average Bonchev–Trinajstić information content (AvgIpc) is 2.59. The van der Waals surface area contributed by atoms with Gasteiger partial charge in [0.25, 0.3) is 0 Å². The maximum Gasteiger partial charge on any atom is 0.164 e. The van der Waals surface area contributed by atoms with Crippen molar-refractivity contribution in [2.24, 2.45) is 0 Å². The standard InChI is InChI=1S/C9H16N4/c1-3-5-6-13-8-11-9(12-13)7-10-4-2/h3,8,10H,1,4-7H2,2H3. The Balaban J connectivity index is 2.38. The van der Waals surface area contributed by atoms with Gasteiger partial charge in [-0.1, -0.05) is 13.0 Å². The lowest BCUT2D eigenvalue weighted by Crippen LogP contribution is -2.13. The van der Waals surface area contributed by atoms with Crippen molar-refractivity contribution in [1.29, 1.82) is 0 Å². The van der Waals surface area contributed by atoms with Gasteiger partial charge in [-0.05, 0) is 13.0 Å². The number of allylic oxidation sites excluding steroid dienone is 1. The van der Waals surface area contributed by atoms with Crippen LogP contribution in [0.1, 0.15) is 19.2 Å². The highest BCUT2D eigenvalue weighted by Gasteiger charge is 1.97. The van der Waals surface area contributed by atoms with Crippen LogP contribution in [0.25, 0.3) is 0 Å². The first-order valence-corrected chi connectivity index (χ1v) is 4.56. The van der Waals surface area contributed by atoms with E-state index < -0.39 is 0 Å². The summed E-state index contributed by atoms with van der Waals surface area (Å²) < 4.78 is 1.84. The van der Waals surface area contributed by atoms with E-state index in [9.17, 15) is 0 Å². The summed E-state index contributed by atoms with van der Waals surface area (Å²) in [7, 11) is 0. The van der Waals surface area contributed by atoms with Crippen LogP contribution in [0.3, 0.4) is 0 Å². The zero-order valence-corrected chi connectivity index (χ0v) is 8.03. The minimum absolute atomic E-state index is 0.748. The van der Waals surface area contributed by atoms with Gasteiger partial charge in [-0.15, -0.1) is 6.58 Å². The zero-order valence-electron chi connectivity index (χ0n) is 8.03. The molecule has 0 atom stereocenters. The Morgan fingerprint density at radius 2 is 2.54 bits per heavy atom. The van der Waals surface area contributed by atoms with Crippen molar-refractivity contribution in [2.75, 3.05) is 6.54 Å². The van der Waals surface area contributed by atoms with Crippen LogP contribution < -0.4 is 5.32 Å². The van der Waals surface area contributed by atoms with Crippen LogP contribution in [0.15, 0.2) is 19.0 Å². The molecule has 0 aliphatic rings. The van der Waals surface area contributed by atoms with Crippen molar-refractivity contribution in [3.8, 4) is 0 Å². The van der Waals surface area contributed by atoms with Gasteiger partial charge in [0.1, 0.15) is 6.33 Å². The summed E-state index contributed by atoms with van der Waals surface area (Å²) in [4.78, 5) is 4.16. The summed E-state index contributed by atoms with van der Waals surface area (Å²) in [5, 5.41) is 7.46. The molecular weight excluding hydrogens is 164 g/mol. The Morgan fingerprint density at radius 1 is 1.69 bits per heavy atom. The number of hydrogen-bond donors (Lipinski definition) is 1. The van der Waals surface area contributed by atoms with E-state index in [-0.39, 0.29) is 0 Å². The summed E-state index contributed by atoms with van der Waals surface area (Å²) in [5.74, 6) is 0.853. The molecule has 13 heavy (non-hydrogen) atoms. The molecule has 1 N–H and O–H groups in total. The van der Waals surface area contributed by atoms with E-state index in [4.69, 9.17) is 0 Å². The lowest BCUT2D eigenvalue weighted by Gasteiger charge is -1.96. The largest absolute Gasteiger partial charge is 0.310 e. The second-order valence-corrected chi connectivity index (χ2v) is 2.78. The molecule has 0 bridgehead atoms. The van der Waals surface area contributed by atoms with E-state index in [2.05, 4.69) is 28.9 Å². The quantitative estimate of drug-likeness (QED) is 0.663. The summed E-state index contributed by atoms with van der Waals surface area (Å²) in [5.41, 5.74) is 0. The third-order valence-electron chi connectivity index (χ3n) is 1.68. The molecule has 0 radical (unpaired) electrons. The van der Waals surface area contributed by atoms with Crippen LogP contribution in [0.4, 0.5) is 0 Å². The van der Waals surface area contributed by atoms with Gasteiger partial charge < -0.3 is 5.32 Å². The van der Waals surface area contributed by atoms with Gasteiger partial charge >= 0.3 is 0 Å². The van der Waals surface area contributed by atoms with E-state index in [0.717, 1.165) is 31.9 Å². The Kier molecular flexibility index (Phi) is 4.18. The number of nitrogens with zero attached hydrogens (tertiary/aromatic N) is 3. The number of aromatic nitrogens is 3. The molecule has 0 unspecified atom stereocenters. The first-order chi connectivity index (χ1) is 6.36. The van der Waals surface area contributed by atoms with Gasteiger partial charge in [0.05, 0.1) is 6.54 Å². The van der Waals surface area contributed by atoms with Crippen molar-refractivity contribution < 1.29 is 0 Å². The first kappa shape index (κ1) is 9.92. The van der Waals surface area contributed by atoms with Crippen LogP contribution in [0.5, 0.6) is 0 Å². The summed E-state index contributed by atoms with van der Waals surface area (Å²) >= 11 is 0. The van der Waals surface area contributed by atoms with Gasteiger partial charge in [0.15, 0.2) is 5.82 Å². The normalized spacial score (nSPS) is 10.2. The van der Waals surface area contributed by atoms with Crippen molar-refractivity contribution in [1.82, 2.24) is 20.1 Å². The van der Waals surface area contributed by atoms with E-state index >= 15 is 0 Å². The molecule has 1 aromatic rings. The minimum atomic E-state index is 0.748. The van der Waals surface area contributed by atoms with Gasteiger partial charge in [-0.25, -0.2) is 4.98 Å². The number of nitrogens with one attached hydrogen (secondary N) is 1. The number of rotatable bonds is 6. The zero-order chi connectivity index (χ0) is 9.52.